The normalized spacial score (nSPS) is 17.2. The molecule has 1 aliphatic carbocycles. The SMILES string of the molecule is COc1cc(Nc2nc(N[C@@H]3CCCC[C@@H]3N)c(C#N)cc2C(N)=O)cc(OC)c1OC.Cl. The maximum absolute atomic E-state index is 12.1. The Balaban J connectivity index is 0.00000385. The topological polar surface area (TPSA) is 158 Å². The lowest BCUT2D eigenvalue weighted by molar-refractivity contribution is 0.100. The molecule has 178 valence electrons. The van der Waals surface area contributed by atoms with Crippen LogP contribution in [-0.2, 0) is 0 Å². The summed E-state index contributed by atoms with van der Waals surface area (Å²) in [6, 6.07) is 6.80. The number of nitrogens with two attached hydrogens (primary N) is 2. The van der Waals surface area contributed by atoms with E-state index in [1.165, 1.54) is 27.4 Å². The van der Waals surface area contributed by atoms with Crippen LogP contribution in [0.15, 0.2) is 18.2 Å². The molecular formula is C22H29ClN6O4. The summed E-state index contributed by atoms with van der Waals surface area (Å²) in [5.74, 6) is 1.10. The highest BCUT2D eigenvalue weighted by Gasteiger charge is 2.24. The number of carbonyl (C=O) groups is 1. The molecule has 2 atom stereocenters. The zero-order valence-electron chi connectivity index (χ0n) is 18.8. The van der Waals surface area contributed by atoms with E-state index < -0.39 is 5.91 Å². The van der Waals surface area contributed by atoms with E-state index in [0.29, 0.717) is 28.8 Å². The molecule has 1 aromatic heterocycles. The predicted octanol–water partition coefficient (Wildman–Crippen LogP) is 2.93. The Morgan fingerprint density at radius 2 is 1.73 bits per heavy atom. The number of halogens is 1. The van der Waals surface area contributed by atoms with Crippen LogP contribution in [0.3, 0.4) is 0 Å². The maximum Gasteiger partial charge on any atom is 0.252 e. The molecule has 1 heterocycles. The van der Waals surface area contributed by atoms with E-state index in [1.54, 1.807) is 12.1 Å². The van der Waals surface area contributed by atoms with Crippen LogP contribution in [0.4, 0.5) is 17.3 Å². The fourth-order valence-corrected chi connectivity index (χ4v) is 3.80. The van der Waals surface area contributed by atoms with Crippen LogP contribution in [0.25, 0.3) is 0 Å². The van der Waals surface area contributed by atoms with Gasteiger partial charge in [0.15, 0.2) is 11.5 Å². The van der Waals surface area contributed by atoms with E-state index in [9.17, 15) is 10.1 Å². The van der Waals surface area contributed by atoms with Gasteiger partial charge in [0.2, 0.25) is 5.75 Å². The number of hydrogen-bond acceptors (Lipinski definition) is 9. The van der Waals surface area contributed by atoms with Gasteiger partial charge in [0.1, 0.15) is 17.7 Å². The van der Waals surface area contributed by atoms with Crippen LogP contribution in [0.2, 0.25) is 0 Å². The molecule has 0 spiro atoms. The molecule has 2 aromatic rings. The first-order valence-electron chi connectivity index (χ1n) is 10.3. The van der Waals surface area contributed by atoms with Crippen molar-refractivity contribution in [1.29, 1.82) is 5.26 Å². The van der Waals surface area contributed by atoms with E-state index in [0.717, 1.165) is 25.7 Å². The van der Waals surface area contributed by atoms with Crippen LogP contribution in [0.5, 0.6) is 17.2 Å². The number of amides is 1. The molecule has 3 rings (SSSR count). The van der Waals surface area contributed by atoms with Crippen LogP contribution >= 0.6 is 12.4 Å². The van der Waals surface area contributed by atoms with Gasteiger partial charge in [-0.25, -0.2) is 4.98 Å². The van der Waals surface area contributed by atoms with Crippen molar-refractivity contribution >= 4 is 35.6 Å². The summed E-state index contributed by atoms with van der Waals surface area (Å²) in [7, 11) is 4.52. The van der Waals surface area contributed by atoms with Crippen molar-refractivity contribution in [1.82, 2.24) is 4.98 Å². The number of anilines is 3. The van der Waals surface area contributed by atoms with Crippen LogP contribution in [0.1, 0.15) is 41.6 Å². The van der Waals surface area contributed by atoms with Crippen LogP contribution in [0, 0.1) is 11.3 Å². The predicted molar refractivity (Wildman–Crippen MR) is 128 cm³/mol. The van der Waals surface area contributed by atoms with Gasteiger partial charge in [0.05, 0.1) is 32.5 Å². The first-order valence-corrected chi connectivity index (χ1v) is 10.3. The number of methoxy groups -OCH3 is 3. The van der Waals surface area contributed by atoms with E-state index in [4.69, 9.17) is 25.7 Å². The molecule has 1 amide bonds. The number of benzene rings is 1. The molecule has 33 heavy (non-hydrogen) atoms. The molecule has 1 saturated carbocycles. The highest BCUT2D eigenvalue weighted by atomic mass is 35.5. The van der Waals surface area contributed by atoms with Gasteiger partial charge in [-0.05, 0) is 18.9 Å². The van der Waals surface area contributed by atoms with Crippen molar-refractivity contribution in [3.63, 3.8) is 0 Å². The van der Waals surface area contributed by atoms with Crippen molar-refractivity contribution < 1.29 is 19.0 Å². The van der Waals surface area contributed by atoms with Gasteiger partial charge in [-0.2, -0.15) is 5.26 Å². The van der Waals surface area contributed by atoms with Crippen molar-refractivity contribution in [2.24, 2.45) is 11.5 Å². The first-order chi connectivity index (χ1) is 15.4. The van der Waals surface area contributed by atoms with E-state index in [1.807, 2.05) is 0 Å². The zero-order chi connectivity index (χ0) is 23.3. The summed E-state index contributed by atoms with van der Waals surface area (Å²) < 4.78 is 16.1. The average Bonchev–Trinajstić information content (AvgIpc) is 2.79. The lowest BCUT2D eigenvalue weighted by atomic mass is 9.91. The maximum atomic E-state index is 12.1. The second kappa shape index (κ2) is 11.4. The van der Waals surface area contributed by atoms with Gasteiger partial charge in [-0.1, -0.05) is 12.8 Å². The number of aromatic nitrogens is 1. The van der Waals surface area contributed by atoms with Gasteiger partial charge in [0, 0.05) is 29.9 Å². The summed E-state index contributed by atoms with van der Waals surface area (Å²) in [6.07, 6.45) is 3.89. The highest BCUT2D eigenvalue weighted by Crippen LogP contribution is 2.41. The van der Waals surface area contributed by atoms with Crippen molar-refractivity contribution in [3.8, 4) is 23.3 Å². The number of nitriles is 1. The molecule has 1 fully saturated rings. The van der Waals surface area contributed by atoms with E-state index in [-0.39, 0.29) is 41.4 Å². The summed E-state index contributed by atoms with van der Waals surface area (Å²) >= 11 is 0. The smallest absolute Gasteiger partial charge is 0.252 e. The number of nitrogens with one attached hydrogen (secondary N) is 2. The average molecular weight is 477 g/mol. The van der Waals surface area contributed by atoms with E-state index >= 15 is 0 Å². The number of primary amides is 1. The van der Waals surface area contributed by atoms with Gasteiger partial charge in [-0.15, -0.1) is 12.4 Å². The molecule has 0 bridgehead atoms. The highest BCUT2D eigenvalue weighted by molar-refractivity contribution is 5.99. The van der Waals surface area contributed by atoms with Crippen molar-refractivity contribution in [3.05, 3.63) is 29.3 Å². The molecule has 11 heteroatoms. The molecule has 6 N–H and O–H groups in total. The standard InChI is InChI=1S/C22H28N6O4.ClH/c1-30-17-9-13(10-18(31-2)19(17)32-3)26-22-14(20(25)29)8-12(11-23)21(28-22)27-16-7-5-4-6-15(16)24;/h8-10,15-16H,4-7,24H2,1-3H3,(H2,25,29)(H2,26,27,28);1H/t15-,16+;/m0./s1. The van der Waals surface area contributed by atoms with Crippen molar-refractivity contribution in [2.45, 2.75) is 37.8 Å². The number of ether oxygens (including phenoxy) is 3. The number of hydrogen-bond donors (Lipinski definition) is 4. The summed E-state index contributed by atoms with van der Waals surface area (Å²) in [5, 5.41) is 16.0. The van der Waals surface area contributed by atoms with Gasteiger partial charge < -0.3 is 36.3 Å². The Bertz CT molecular complexity index is 1020. The Morgan fingerprint density at radius 1 is 1.09 bits per heavy atom. The third-order valence-corrected chi connectivity index (χ3v) is 5.48. The minimum Gasteiger partial charge on any atom is -0.493 e. The first kappa shape index (κ1) is 25.8. The minimum atomic E-state index is -0.718. The lowest BCUT2D eigenvalue weighted by Gasteiger charge is -2.30. The zero-order valence-corrected chi connectivity index (χ0v) is 19.6. The summed E-state index contributed by atoms with van der Waals surface area (Å²) in [4.78, 5) is 16.6. The molecule has 0 aliphatic heterocycles. The number of rotatable bonds is 8. The largest absolute Gasteiger partial charge is 0.493 e. The van der Waals surface area contributed by atoms with Crippen LogP contribution < -0.4 is 36.3 Å². The number of carbonyl (C=O) groups excluding carboxylic acids is 1. The minimum absolute atomic E-state index is 0. The summed E-state index contributed by atoms with van der Waals surface area (Å²) in [6.45, 7) is 0. The third-order valence-electron chi connectivity index (χ3n) is 5.48. The molecular weight excluding hydrogens is 448 g/mol. The monoisotopic (exact) mass is 476 g/mol. The molecule has 10 nitrogen and oxygen atoms in total. The van der Waals surface area contributed by atoms with E-state index in [2.05, 4.69) is 21.7 Å². The number of pyridine rings is 1. The Kier molecular flexibility index (Phi) is 8.96. The molecule has 0 saturated heterocycles. The molecule has 1 aliphatic rings. The summed E-state index contributed by atoms with van der Waals surface area (Å²) in [5.41, 5.74) is 12.6. The van der Waals surface area contributed by atoms with Gasteiger partial charge in [-0.3, -0.25) is 4.79 Å². The molecule has 1 aromatic carbocycles. The lowest BCUT2D eigenvalue weighted by Crippen LogP contribution is -2.43. The fraction of sp³-hybridized carbons (Fsp3) is 0.409. The molecule has 0 unspecified atom stereocenters. The Hall–Kier alpha value is -3.42. The van der Waals surface area contributed by atoms with Crippen molar-refractivity contribution in [2.75, 3.05) is 32.0 Å². The molecule has 0 radical (unpaired) electrons. The second-order valence-corrected chi connectivity index (χ2v) is 7.49. The quantitative estimate of drug-likeness (QED) is 0.449. The van der Waals surface area contributed by atoms with Gasteiger partial charge >= 0.3 is 0 Å². The third kappa shape index (κ3) is 5.69. The Labute approximate surface area is 199 Å². The number of nitrogens with zero attached hydrogens (tertiary/aromatic N) is 2. The van der Waals surface area contributed by atoms with Crippen LogP contribution in [-0.4, -0.2) is 44.3 Å². The second-order valence-electron chi connectivity index (χ2n) is 7.49. The fourth-order valence-electron chi connectivity index (χ4n) is 3.80. The van der Waals surface area contributed by atoms with Gasteiger partial charge in [0.25, 0.3) is 5.91 Å². The Morgan fingerprint density at radius 3 is 2.24 bits per heavy atom.